The zero-order valence-corrected chi connectivity index (χ0v) is 15.4. The van der Waals surface area contributed by atoms with Crippen molar-refractivity contribution >= 4 is 38.9 Å². The number of benzene rings is 1. The molecule has 1 saturated heterocycles. The second kappa shape index (κ2) is 6.78. The van der Waals surface area contributed by atoms with E-state index in [4.69, 9.17) is 11.6 Å². The summed E-state index contributed by atoms with van der Waals surface area (Å²) in [7, 11) is -3.45. The maximum atomic E-state index is 12.5. The maximum absolute atomic E-state index is 12.5. The molecule has 9 heteroatoms. The third-order valence-electron chi connectivity index (χ3n) is 3.95. The van der Waals surface area contributed by atoms with E-state index in [1.54, 1.807) is 12.1 Å². The molecular formula is C15H16ClN3O3S2. The Kier molecular flexibility index (Phi) is 4.89. The fourth-order valence-corrected chi connectivity index (χ4v) is 4.99. The highest BCUT2D eigenvalue weighted by Crippen LogP contribution is 2.27. The smallest absolute Gasteiger partial charge is 0.267 e. The first kappa shape index (κ1) is 17.3. The van der Waals surface area contributed by atoms with Crippen LogP contribution in [0.4, 0.5) is 0 Å². The first-order chi connectivity index (χ1) is 11.4. The van der Waals surface area contributed by atoms with Gasteiger partial charge in [-0.05, 0) is 42.2 Å². The van der Waals surface area contributed by atoms with Crippen molar-refractivity contribution in [1.29, 1.82) is 0 Å². The third kappa shape index (κ3) is 3.18. The number of likely N-dealkylation sites (tertiary alicyclic amines) is 1. The van der Waals surface area contributed by atoms with E-state index in [2.05, 4.69) is 9.59 Å². The average molecular weight is 386 g/mol. The molecule has 2 heterocycles. The van der Waals surface area contributed by atoms with Crippen LogP contribution in [0.2, 0.25) is 5.02 Å². The van der Waals surface area contributed by atoms with Crippen LogP contribution >= 0.6 is 23.1 Å². The van der Waals surface area contributed by atoms with Gasteiger partial charge in [-0.15, -0.1) is 5.10 Å². The molecular weight excluding hydrogens is 370 g/mol. The molecule has 0 unspecified atom stereocenters. The molecule has 0 aliphatic carbocycles. The van der Waals surface area contributed by atoms with Gasteiger partial charge in [0.1, 0.15) is 10.1 Å². The quantitative estimate of drug-likeness (QED) is 0.789. The molecule has 1 aliphatic heterocycles. The van der Waals surface area contributed by atoms with Crippen molar-refractivity contribution in [3.05, 3.63) is 39.9 Å². The average Bonchev–Trinajstić information content (AvgIpc) is 2.94. The number of sulfone groups is 1. The Morgan fingerprint density at radius 1 is 1.33 bits per heavy atom. The zero-order valence-electron chi connectivity index (χ0n) is 13.0. The van der Waals surface area contributed by atoms with Crippen molar-refractivity contribution in [1.82, 2.24) is 14.5 Å². The van der Waals surface area contributed by atoms with Crippen molar-refractivity contribution < 1.29 is 13.2 Å². The van der Waals surface area contributed by atoms with Crippen molar-refractivity contribution in [2.24, 2.45) is 0 Å². The number of nitrogens with zero attached hydrogens (tertiary/aromatic N) is 3. The number of aromatic nitrogens is 2. The standard InChI is InChI=1S/C15H16ClN3O3S2/c1-2-3-13-14(23-18-17-13)15(20)19-8-12(9-19)24(21,22)11-6-4-10(16)5-7-11/h4-7,12H,2-3,8-9H2,1H3. The van der Waals surface area contributed by atoms with Gasteiger partial charge in [0.15, 0.2) is 9.84 Å². The Labute approximate surface area is 149 Å². The lowest BCUT2D eigenvalue weighted by molar-refractivity contribution is 0.0662. The van der Waals surface area contributed by atoms with Gasteiger partial charge in [-0.1, -0.05) is 29.4 Å². The predicted octanol–water partition coefficient (Wildman–Crippen LogP) is 2.44. The lowest BCUT2D eigenvalue weighted by Crippen LogP contribution is -2.56. The van der Waals surface area contributed by atoms with E-state index >= 15 is 0 Å². The van der Waals surface area contributed by atoms with Crippen LogP contribution in [0.5, 0.6) is 0 Å². The molecule has 128 valence electrons. The number of hydrogen-bond donors (Lipinski definition) is 0. The van der Waals surface area contributed by atoms with E-state index in [-0.39, 0.29) is 23.9 Å². The highest BCUT2D eigenvalue weighted by Gasteiger charge is 2.41. The van der Waals surface area contributed by atoms with Gasteiger partial charge in [-0.2, -0.15) is 0 Å². The van der Waals surface area contributed by atoms with Gasteiger partial charge in [-0.3, -0.25) is 4.79 Å². The van der Waals surface area contributed by atoms with E-state index in [1.807, 2.05) is 6.92 Å². The second-order valence-corrected chi connectivity index (χ2v) is 9.05. The number of rotatable bonds is 5. The largest absolute Gasteiger partial charge is 0.335 e. The molecule has 0 radical (unpaired) electrons. The summed E-state index contributed by atoms with van der Waals surface area (Å²) in [5.41, 5.74) is 0.691. The minimum Gasteiger partial charge on any atom is -0.335 e. The number of amides is 1. The summed E-state index contributed by atoms with van der Waals surface area (Å²) in [6, 6.07) is 6.09. The van der Waals surface area contributed by atoms with Gasteiger partial charge in [-0.25, -0.2) is 8.42 Å². The fourth-order valence-electron chi connectivity index (χ4n) is 2.53. The summed E-state index contributed by atoms with van der Waals surface area (Å²) in [5, 5.41) is 3.88. The number of hydrogen-bond acceptors (Lipinski definition) is 6. The van der Waals surface area contributed by atoms with Crippen LogP contribution in [0.15, 0.2) is 29.2 Å². The zero-order chi connectivity index (χ0) is 17.3. The lowest BCUT2D eigenvalue weighted by Gasteiger charge is -2.38. The number of aryl methyl sites for hydroxylation is 1. The summed E-state index contributed by atoms with van der Waals surface area (Å²) in [6.45, 7) is 2.38. The molecule has 0 spiro atoms. The summed E-state index contributed by atoms with van der Waals surface area (Å²) < 4.78 is 28.9. The Hall–Kier alpha value is -1.51. The molecule has 24 heavy (non-hydrogen) atoms. The van der Waals surface area contributed by atoms with E-state index in [0.29, 0.717) is 22.0 Å². The highest BCUT2D eigenvalue weighted by atomic mass is 35.5. The minimum atomic E-state index is -3.45. The third-order valence-corrected chi connectivity index (χ3v) is 7.07. The number of carbonyl (C=O) groups excluding carboxylic acids is 1. The fraction of sp³-hybridized carbons (Fsp3) is 0.400. The molecule has 0 saturated carbocycles. The Morgan fingerprint density at radius 3 is 2.62 bits per heavy atom. The molecule has 0 atom stereocenters. The van der Waals surface area contributed by atoms with Gasteiger partial charge < -0.3 is 4.90 Å². The Bertz CT molecular complexity index is 843. The van der Waals surface area contributed by atoms with Crippen LogP contribution in [-0.2, 0) is 16.3 Å². The molecule has 0 N–H and O–H groups in total. The van der Waals surface area contributed by atoms with Gasteiger partial charge in [0.25, 0.3) is 5.91 Å². The normalized spacial score (nSPS) is 15.3. The van der Waals surface area contributed by atoms with Gasteiger partial charge in [0, 0.05) is 18.1 Å². The summed E-state index contributed by atoms with van der Waals surface area (Å²) in [5.74, 6) is -0.184. The summed E-state index contributed by atoms with van der Waals surface area (Å²) in [4.78, 5) is 14.8. The Morgan fingerprint density at radius 2 is 2.00 bits per heavy atom. The van der Waals surface area contributed by atoms with Crippen LogP contribution in [0.25, 0.3) is 0 Å². The van der Waals surface area contributed by atoms with Gasteiger partial charge in [0.2, 0.25) is 0 Å². The van der Waals surface area contributed by atoms with Gasteiger partial charge >= 0.3 is 0 Å². The predicted molar refractivity (Wildman–Crippen MR) is 92.2 cm³/mol. The van der Waals surface area contributed by atoms with Crippen molar-refractivity contribution in [2.45, 2.75) is 29.9 Å². The topological polar surface area (TPSA) is 80.2 Å². The first-order valence-electron chi connectivity index (χ1n) is 7.53. The van der Waals surface area contributed by atoms with Crippen LogP contribution < -0.4 is 0 Å². The number of carbonyl (C=O) groups is 1. The van der Waals surface area contributed by atoms with E-state index < -0.39 is 15.1 Å². The van der Waals surface area contributed by atoms with Crippen LogP contribution in [0.3, 0.4) is 0 Å². The molecule has 0 bridgehead atoms. The molecule has 1 aromatic heterocycles. The van der Waals surface area contributed by atoms with E-state index in [0.717, 1.165) is 18.0 Å². The van der Waals surface area contributed by atoms with E-state index in [1.165, 1.54) is 17.0 Å². The highest BCUT2D eigenvalue weighted by molar-refractivity contribution is 7.92. The lowest BCUT2D eigenvalue weighted by atomic mass is 10.1. The number of halogens is 1. The van der Waals surface area contributed by atoms with Gasteiger partial charge in [0.05, 0.1) is 10.6 Å². The second-order valence-electron chi connectivity index (χ2n) is 5.63. The summed E-state index contributed by atoms with van der Waals surface area (Å²) in [6.07, 6.45) is 1.57. The summed E-state index contributed by atoms with van der Waals surface area (Å²) >= 11 is 6.86. The molecule has 1 aromatic carbocycles. The minimum absolute atomic E-state index is 0.184. The van der Waals surface area contributed by atoms with Crippen molar-refractivity contribution in [2.75, 3.05) is 13.1 Å². The Balaban J connectivity index is 1.69. The van der Waals surface area contributed by atoms with Crippen LogP contribution in [0, 0.1) is 0 Å². The van der Waals surface area contributed by atoms with Crippen molar-refractivity contribution in [3.63, 3.8) is 0 Å². The molecule has 6 nitrogen and oxygen atoms in total. The maximum Gasteiger partial charge on any atom is 0.267 e. The van der Waals surface area contributed by atoms with Crippen LogP contribution in [0.1, 0.15) is 28.7 Å². The molecule has 1 aliphatic rings. The monoisotopic (exact) mass is 385 g/mol. The molecule has 1 fully saturated rings. The van der Waals surface area contributed by atoms with Crippen molar-refractivity contribution in [3.8, 4) is 0 Å². The van der Waals surface area contributed by atoms with E-state index in [9.17, 15) is 13.2 Å². The first-order valence-corrected chi connectivity index (χ1v) is 10.2. The van der Waals surface area contributed by atoms with Crippen LogP contribution in [-0.4, -0.2) is 47.2 Å². The molecule has 2 aromatic rings. The molecule has 1 amide bonds. The molecule has 3 rings (SSSR count). The SMILES string of the molecule is CCCc1nnsc1C(=O)N1CC(S(=O)(=O)c2ccc(Cl)cc2)C1.